The largest absolute Gasteiger partial charge is 0.354 e. The van der Waals surface area contributed by atoms with Crippen molar-refractivity contribution in [1.82, 2.24) is 20.1 Å². The van der Waals surface area contributed by atoms with Gasteiger partial charge in [0, 0.05) is 64.6 Å². The van der Waals surface area contributed by atoms with E-state index in [9.17, 15) is 0 Å². The van der Waals surface area contributed by atoms with E-state index in [2.05, 4.69) is 43.1 Å². The predicted molar refractivity (Wildman–Crippen MR) is 117 cm³/mol. The van der Waals surface area contributed by atoms with Crippen molar-refractivity contribution in [3.8, 4) is 0 Å². The van der Waals surface area contributed by atoms with Crippen LogP contribution in [0.15, 0.2) is 47.6 Å². The number of likely N-dealkylation sites (N-methyl/N-ethyl adjacent to an activating group) is 1. The number of hydrogen-bond acceptors (Lipinski definition) is 4. The fourth-order valence-corrected chi connectivity index (χ4v) is 3.50. The van der Waals surface area contributed by atoms with Crippen molar-refractivity contribution in [3.63, 3.8) is 0 Å². The van der Waals surface area contributed by atoms with Crippen LogP contribution in [0.3, 0.4) is 0 Å². The SMILES string of the molecule is CN=C(NCc1ccnc(N2CCN(C)CC2)c1)N(C)Cc1ccccc1Cl. The summed E-state index contributed by atoms with van der Waals surface area (Å²) in [5.41, 5.74) is 2.27. The van der Waals surface area contributed by atoms with Gasteiger partial charge in [-0.05, 0) is 36.4 Å². The Kier molecular flexibility index (Phi) is 7.12. The Morgan fingerprint density at radius 1 is 1.21 bits per heavy atom. The number of guanidine groups is 1. The quantitative estimate of drug-likeness (QED) is 0.617. The number of pyridine rings is 1. The number of nitrogens with one attached hydrogen (secondary N) is 1. The molecule has 0 spiro atoms. The molecule has 1 N–H and O–H groups in total. The lowest BCUT2D eigenvalue weighted by atomic mass is 10.2. The molecular weight excluding hydrogens is 372 g/mol. The van der Waals surface area contributed by atoms with Gasteiger partial charge in [0.2, 0.25) is 0 Å². The molecule has 1 aliphatic rings. The van der Waals surface area contributed by atoms with Crippen molar-refractivity contribution in [2.45, 2.75) is 13.1 Å². The third kappa shape index (κ3) is 5.36. The number of nitrogens with zero attached hydrogens (tertiary/aromatic N) is 5. The first-order valence-corrected chi connectivity index (χ1v) is 9.98. The fourth-order valence-electron chi connectivity index (χ4n) is 3.30. The van der Waals surface area contributed by atoms with Gasteiger partial charge in [0.25, 0.3) is 0 Å². The zero-order valence-electron chi connectivity index (χ0n) is 16.9. The van der Waals surface area contributed by atoms with Gasteiger partial charge < -0.3 is 20.0 Å². The number of aromatic nitrogens is 1. The Balaban J connectivity index is 1.59. The van der Waals surface area contributed by atoms with Crippen LogP contribution < -0.4 is 10.2 Å². The molecule has 1 aromatic heterocycles. The van der Waals surface area contributed by atoms with Crippen LogP contribution >= 0.6 is 11.6 Å². The summed E-state index contributed by atoms with van der Waals surface area (Å²) < 4.78 is 0. The first kappa shape index (κ1) is 20.4. The maximum absolute atomic E-state index is 6.29. The van der Waals surface area contributed by atoms with Crippen LogP contribution in [0.5, 0.6) is 0 Å². The molecule has 150 valence electrons. The first-order valence-electron chi connectivity index (χ1n) is 9.60. The van der Waals surface area contributed by atoms with E-state index < -0.39 is 0 Å². The summed E-state index contributed by atoms with van der Waals surface area (Å²) in [4.78, 5) is 15.7. The zero-order valence-corrected chi connectivity index (χ0v) is 17.7. The average molecular weight is 401 g/mol. The van der Waals surface area contributed by atoms with E-state index in [1.807, 2.05) is 43.6 Å². The highest BCUT2D eigenvalue weighted by Gasteiger charge is 2.15. The number of piperazine rings is 1. The van der Waals surface area contributed by atoms with Crippen molar-refractivity contribution in [2.24, 2.45) is 4.99 Å². The molecule has 0 bridgehead atoms. The molecule has 28 heavy (non-hydrogen) atoms. The van der Waals surface area contributed by atoms with Crippen LogP contribution in [-0.4, -0.2) is 68.1 Å². The lowest BCUT2D eigenvalue weighted by molar-refractivity contribution is 0.312. The zero-order chi connectivity index (χ0) is 19.9. The minimum atomic E-state index is 0.697. The summed E-state index contributed by atoms with van der Waals surface area (Å²) in [6, 6.07) is 12.1. The summed E-state index contributed by atoms with van der Waals surface area (Å²) in [6.45, 7) is 5.57. The Hall–Kier alpha value is -2.31. The first-order chi connectivity index (χ1) is 13.6. The maximum atomic E-state index is 6.29. The second kappa shape index (κ2) is 9.75. The van der Waals surface area contributed by atoms with Crippen LogP contribution in [-0.2, 0) is 13.1 Å². The number of aliphatic imine (C=N–C) groups is 1. The van der Waals surface area contributed by atoms with Crippen molar-refractivity contribution in [1.29, 1.82) is 0 Å². The van der Waals surface area contributed by atoms with Gasteiger partial charge >= 0.3 is 0 Å². The monoisotopic (exact) mass is 400 g/mol. The molecule has 2 heterocycles. The summed E-state index contributed by atoms with van der Waals surface area (Å²) >= 11 is 6.29. The van der Waals surface area contributed by atoms with Gasteiger partial charge in [-0.3, -0.25) is 4.99 Å². The van der Waals surface area contributed by atoms with Gasteiger partial charge in [0.15, 0.2) is 5.96 Å². The van der Waals surface area contributed by atoms with Crippen molar-refractivity contribution in [2.75, 3.05) is 52.2 Å². The molecular formula is C21H29ClN6. The second-order valence-electron chi connectivity index (χ2n) is 7.16. The third-order valence-corrected chi connectivity index (χ3v) is 5.40. The standard InChI is InChI=1S/C21H29ClN6/c1-23-21(27(3)16-18-6-4-5-7-19(18)22)25-15-17-8-9-24-20(14-17)28-12-10-26(2)11-13-28/h4-9,14H,10-13,15-16H2,1-3H3,(H,23,25). The topological polar surface area (TPSA) is 47.0 Å². The highest BCUT2D eigenvalue weighted by atomic mass is 35.5. The van der Waals surface area contributed by atoms with Gasteiger partial charge in [-0.2, -0.15) is 0 Å². The minimum Gasteiger partial charge on any atom is -0.354 e. The van der Waals surface area contributed by atoms with Crippen molar-refractivity contribution >= 4 is 23.4 Å². The molecule has 7 heteroatoms. The molecule has 0 saturated carbocycles. The van der Waals surface area contributed by atoms with Gasteiger partial charge in [-0.25, -0.2) is 4.98 Å². The molecule has 6 nitrogen and oxygen atoms in total. The van der Waals surface area contributed by atoms with Gasteiger partial charge in [-0.15, -0.1) is 0 Å². The maximum Gasteiger partial charge on any atom is 0.193 e. The summed E-state index contributed by atoms with van der Waals surface area (Å²) in [5.74, 6) is 1.88. The van der Waals surface area contributed by atoms with Crippen LogP contribution in [0.25, 0.3) is 0 Å². The molecule has 2 aromatic rings. The molecule has 0 radical (unpaired) electrons. The summed E-state index contributed by atoms with van der Waals surface area (Å²) in [6.07, 6.45) is 1.89. The van der Waals surface area contributed by atoms with Gasteiger partial charge in [-0.1, -0.05) is 29.8 Å². The molecule has 0 aliphatic carbocycles. The lowest BCUT2D eigenvalue weighted by Crippen LogP contribution is -2.44. The Bertz CT molecular complexity index is 801. The highest BCUT2D eigenvalue weighted by molar-refractivity contribution is 6.31. The molecule has 0 atom stereocenters. The number of halogens is 1. The van der Waals surface area contributed by atoms with E-state index >= 15 is 0 Å². The Morgan fingerprint density at radius 2 is 1.96 bits per heavy atom. The van der Waals surface area contributed by atoms with Crippen LogP contribution in [0.2, 0.25) is 5.02 Å². The predicted octanol–water partition coefficient (Wildman–Crippen LogP) is 2.69. The lowest BCUT2D eigenvalue weighted by Gasteiger charge is -2.33. The number of hydrogen-bond donors (Lipinski definition) is 1. The Labute approximate surface area is 172 Å². The molecule has 1 aliphatic heterocycles. The summed E-state index contributed by atoms with van der Waals surface area (Å²) in [5, 5.41) is 4.21. The summed E-state index contributed by atoms with van der Waals surface area (Å²) in [7, 11) is 5.98. The van der Waals surface area contributed by atoms with E-state index in [0.717, 1.165) is 48.5 Å². The van der Waals surface area contributed by atoms with Crippen molar-refractivity contribution < 1.29 is 0 Å². The van der Waals surface area contributed by atoms with Crippen LogP contribution in [0.4, 0.5) is 5.82 Å². The molecule has 1 saturated heterocycles. The smallest absolute Gasteiger partial charge is 0.193 e. The Morgan fingerprint density at radius 3 is 2.68 bits per heavy atom. The van der Waals surface area contributed by atoms with E-state index in [1.54, 1.807) is 7.05 Å². The average Bonchev–Trinajstić information content (AvgIpc) is 2.71. The molecule has 0 unspecified atom stereocenters. The van der Waals surface area contributed by atoms with Gasteiger partial charge in [0.05, 0.1) is 0 Å². The number of rotatable bonds is 5. The van der Waals surface area contributed by atoms with Gasteiger partial charge in [0.1, 0.15) is 5.82 Å². The normalized spacial score (nSPS) is 15.6. The highest BCUT2D eigenvalue weighted by Crippen LogP contribution is 2.17. The van der Waals surface area contributed by atoms with E-state index in [4.69, 9.17) is 11.6 Å². The van der Waals surface area contributed by atoms with Crippen LogP contribution in [0, 0.1) is 0 Å². The third-order valence-electron chi connectivity index (χ3n) is 5.03. The minimum absolute atomic E-state index is 0.697. The fraction of sp³-hybridized carbons (Fsp3) is 0.429. The number of benzene rings is 1. The van der Waals surface area contributed by atoms with Crippen LogP contribution in [0.1, 0.15) is 11.1 Å². The second-order valence-corrected chi connectivity index (χ2v) is 7.57. The van der Waals surface area contributed by atoms with E-state index in [-0.39, 0.29) is 0 Å². The molecule has 3 rings (SSSR count). The molecule has 0 amide bonds. The molecule has 1 fully saturated rings. The van der Waals surface area contributed by atoms with E-state index in [0.29, 0.717) is 13.1 Å². The molecule has 1 aromatic carbocycles. The van der Waals surface area contributed by atoms with E-state index in [1.165, 1.54) is 5.56 Å². The number of anilines is 1. The van der Waals surface area contributed by atoms with Crippen molar-refractivity contribution in [3.05, 3.63) is 58.7 Å².